The Bertz CT molecular complexity index is 4540. The van der Waals surface area contributed by atoms with Crippen LogP contribution >= 0.6 is 22.7 Å². The minimum absolute atomic E-state index is 0.0106. The molecule has 4 aliphatic heterocycles. The average molecular weight is 1110 g/mol. The molecule has 3 atom stereocenters. The highest BCUT2D eigenvalue weighted by molar-refractivity contribution is 7.26. The zero-order valence-corrected chi connectivity index (χ0v) is 52.1. The number of thiophene rings is 2. The average Bonchev–Trinajstić information content (AvgIpc) is 4.16. The molecule has 0 radical (unpaired) electrons. The molecule has 0 spiro atoms. The Balaban J connectivity index is 1.09. The van der Waals surface area contributed by atoms with Gasteiger partial charge in [-0.1, -0.05) is 156 Å². The van der Waals surface area contributed by atoms with Gasteiger partial charge in [-0.25, -0.2) is 0 Å². The summed E-state index contributed by atoms with van der Waals surface area (Å²) in [5, 5.41) is 5.38. The Hall–Kier alpha value is -6.34. The molecule has 17 rings (SSSR count). The van der Waals surface area contributed by atoms with Gasteiger partial charge in [-0.2, -0.15) is 0 Å². The van der Waals surface area contributed by atoms with E-state index in [0.717, 1.165) is 25.7 Å². The van der Waals surface area contributed by atoms with Gasteiger partial charge < -0.3 is 14.7 Å². The maximum absolute atomic E-state index is 2.96. The van der Waals surface area contributed by atoms with Gasteiger partial charge in [0.1, 0.15) is 0 Å². The van der Waals surface area contributed by atoms with Crippen molar-refractivity contribution in [3.8, 4) is 0 Å². The molecular weight excluding hydrogens is 1030 g/mol. The van der Waals surface area contributed by atoms with Crippen LogP contribution in [0, 0.1) is 6.92 Å². The fraction of sp³-hybridized carbons (Fsp3) is 0.368. The zero-order chi connectivity index (χ0) is 56.3. The standard InChI is InChI=1S/C76H76BN3S2/c1-43-33-50-54-40-59(43)79-61-36-48-46-22-15-16-25-65(46)81-67(48)42-57(61)77-56-38-51-52(72(7,8)30-29-71(51,5)6)39-62(56)78(58-24-20-23-47-45-21-14-17-26-66(45)82-69(47)58)63-34-44(35-64(79)68(63)77)80-60-41-53(74(54,11)32-31-73(50,9)10)49(70(2,3)4)37-55(60)75(12)27-18-19-28-76(75,80)13/h14-17,20-26,33-42H,18-19,27-32H2,1-13H3. The van der Waals surface area contributed by atoms with Gasteiger partial charge in [-0.3, -0.25) is 0 Å². The second-order valence-electron chi connectivity index (χ2n) is 30.2. The first-order valence-corrected chi connectivity index (χ1v) is 32.6. The van der Waals surface area contributed by atoms with Crippen molar-refractivity contribution in [2.45, 2.75) is 179 Å². The number of nitrogens with zero attached hydrogens (tertiary/aromatic N) is 3. The third-order valence-electron chi connectivity index (χ3n) is 23.2. The van der Waals surface area contributed by atoms with Gasteiger partial charge in [-0.15, -0.1) is 22.7 Å². The molecule has 10 aromatic rings. The van der Waals surface area contributed by atoms with Crippen molar-refractivity contribution in [2.24, 2.45) is 0 Å². The fourth-order valence-corrected chi connectivity index (χ4v) is 20.5. The van der Waals surface area contributed by atoms with Crippen molar-refractivity contribution in [1.82, 2.24) is 0 Å². The number of rotatable bonds is 1. The summed E-state index contributed by atoms with van der Waals surface area (Å²) >= 11 is 3.94. The first-order valence-electron chi connectivity index (χ1n) is 31.0. The van der Waals surface area contributed by atoms with Crippen LogP contribution in [-0.4, -0.2) is 12.3 Å². The molecule has 3 unspecified atom stereocenters. The van der Waals surface area contributed by atoms with Crippen molar-refractivity contribution in [1.29, 1.82) is 0 Å². The second kappa shape index (κ2) is 15.9. The molecule has 1 fully saturated rings. The number of aryl methyl sites for hydroxylation is 1. The highest BCUT2D eigenvalue weighted by Crippen LogP contribution is 2.65. The molecular formula is C76H76BN3S2. The molecule has 0 saturated heterocycles. The monoisotopic (exact) mass is 1110 g/mol. The zero-order valence-electron chi connectivity index (χ0n) is 50.5. The van der Waals surface area contributed by atoms with Crippen LogP contribution < -0.4 is 31.1 Å². The van der Waals surface area contributed by atoms with E-state index >= 15 is 0 Å². The molecule has 0 N–H and O–H groups in total. The molecule has 6 bridgehead atoms. The number of anilines is 8. The van der Waals surface area contributed by atoms with Gasteiger partial charge in [0.05, 0.1) is 15.9 Å². The minimum atomic E-state index is -0.231. The van der Waals surface area contributed by atoms with Crippen LogP contribution in [0.4, 0.5) is 45.5 Å². The molecule has 410 valence electrons. The van der Waals surface area contributed by atoms with Crippen LogP contribution in [0.3, 0.4) is 0 Å². The lowest BCUT2D eigenvalue weighted by Crippen LogP contribution is -2.62. The van der Waals surface area contributed by atoms with Crippen molar-refractivity contribution >= 4 is 132 Å². The maximum atomic E-state index is 2.96. The van der Waals surface area contributed by atoms with Crippen LogP contribution in [0.15, 0.2) is 127 Å². The highest BCUT2D eigenvalue weighted by atomic mass is 32.1. The molecule has 8 aromatic carbocycles. The summed E-state index contributed by atoms with van der Waals surface area (Å²) in [7, 11) is 0. The van der Waals surface area contributed by atoms with Gasteiger partial charge in [0.2, 0.25) is 0 Å². The SMILES string of the molecule is Cc1cc2c3cc1N1c4cc5c(cc4B4c6cc7c(cc6N(c6cccc8c6sc6ccccc68)c6cc(cc1c64)N1c4cc(c(C(C)(C)C)cc4C4(C)CCCCC14C)C3(C)CCC2(C)C)C(C)(C)CCC7(C)C)sc1ccccc15. The van der Waals surface area contributed by atoms with Crippen molar-refractivity contribution < 1.29 is 0 Å². The molecule has 2 aromatic heterocycles. The van der Waals surface area contributed by atoms with E-state index in [1.165, 1.54) is 167 Å². The first-order chi connectivity index (χ1) is 39.0. The van der Waals surface area contributed by atoms with Crippen LogP contribution in [0.25, 0.3) is 40.3 Å². The smallest absolute Gasteiger partial charge is 0.252 e. The van der Waals surface area contributed by atoms with E-state index in [2.05, 4.69) is 232 Å². The topological polar surface area (TPSA) is 9.72 Å². The van der Waals surface area contributed by atoms with Crippen LogP contribution in [-0.2, 0) is 32.5 Å². The Labute approximate surface area is 494 Å². The summed E-state index contributed by atoms with van der Waals surface area (Å²) < 4.78 is 5.41. The van der Waals surface area contributed by atoms with Gasteiger partial charge >= 0.3 is 0 Å². The van der Waals surface area contributed by atoms with E-state index in [1.54, 1.807) is 5.56 Å². The molecule has 7 aliphatic rings. The predicted octanol–water partition coefficient (Wildman–Crippen LogP) is 19.9. The summed E-state index contributed by atoms with van der Waals surface area (Å²) in [6, 6.07) is 52.7. The van der Waals surface area contributed by atoms with Gasteiger partial charge in [0.15, 0.2) is 0 Å². The highest BCUT2D eigenvalue weighted by Gasteiger charge is 2.60. The number of hydrogen-bond donors (Lipinski definition) is 0. The number of hydrogen-bond acceptors (Lipinski definition) is 5. The summed E-state index contributed by atoms with van der Waals surface area (Å²) in [6.45, 7) is 33.0. The van der Waals surface area contributed by atoms with E-state index in [0.29, 0.717) is 0 Å². The summed E-state index contributed by atoms with van der Waals surface area (Å²) in [4.78, 5) is 8.59. The van der Waals surface area contributed by atoms with Crippen molar-refractivity contribution in [3.05, 3.63) is 172 Å². The van der Waals surface area contributed by atoms with Crippen molar-refractivity contribution in [3.63, 3.8) is 0 Å². The van der Waals surface area contributed by atoms with Crippen molar-refractivity contribution in [2.75, 3.05) is 14.7 Å². The summed E-state index contributed by atoms with van der Waals surface area (Å²) in [5.41, 5.74) is 26.4. The normalized spacial score (nSPS) is 23.9. The lowest BCUT2D eigenvalue weighted by Gasteiger charge is -2.51. The Morgan fingerprint density at radius 2 is 1.01 bits per heavy atom. The van der Waals surface area contributed by atoms with Gasteiger partial charge in [-0.05, 0) is 196 Å². The largest absolute Gasteiger partial charge is 0.334 e. The molecule has 82 heavy (non-hydrogen) atoms. The quantitative estimate of drug-likeness (QED) is 0.152. The van der Waals surface area contributed by atoms with Crippen LogP contribution in [0.5, 0.6) is 0 Å². The first kappa shape index (κ1) is 50.2. The maximum Gasteiger partial charge on any atom is 0.252 e. The molecule has 3 aliphatic carbocycles. The minimum Gasteiger partial charge on any atom is -0.334 e. The Morgan fingerprint density at radius 3 is 1.73 bits per heavy atom. The van der Waals surface area contributed by atoms with Crippen LogP contribution in [0.1, 0.15) is 179 Å². The van der Waals surface area contributed by atoms with E-state index < -0.39 is 0 Å². The molecule has 6 heterocycles. The number of fused-ring (bicyclic) bond motifs is 21. The predicted molar refractivity (Wildman–Crippen MR) is 356 cm³/mol. The van der Waals surface area contributed by atoms with E-state index in [-0.39, 0.29) is 44.7 Å². The lowest BCUT2D eigenvalue weighted by molar-refractivity contribution is 0.195. The molecule has 6 heteroatoms. The summed E-state index contributed by atoms with van der Waals surface area (Å²) in [5.74, 6) is 0. The van der Waals surface area contributed by atoms with E-state index in [9.17, 15) is 0 Å². The third-order valence-corrected chi connectivity index (χ3v) is 25.5. The van der Waals surface area contributed by atoms with E-state index in [1.807, 2.05) is 22.7 Å². The van der Waals surface area contributed by atoms with Crippen LogP contribution in [0.2, 0.25) is 0 Å². The lowest BCUT2D eigenvalue weighted by atomic mass is 9.33. The third kappa shape index (κ3) is 6.24. The second-order valence-corrected chi connectivity index (χ2v) is 32.3. The Kier molecular flexibility index (Phi) is 9.73. The fourth-order valence-electron chi connectivity index (χ4n) is 18.1. The Morgan fingerprint density at radius 1 is 0.439 bits per heavy atom. The molecule has 0 amide bonds. The number of benzene rings is 8. The van der Waals surface area contributed by atoms with Gasteiger partial charge in [0, 0.05) is 86.3 Å². The van der Waals surface area contributed by atoms with Gasteiger partial charge in [0.25, 0.3) is 6.71 Å². The molecule has 1 saturated carbocycles. The molecule has 3 nitrogen and oxygen atoms in total. The summed E-state index contributed by atoms with van der Waals surface area (Å²) in [6.07, 6.45) is 9.36. The van der Waals surface area contributed by atoms with E-state index in [4.69, 9.17) is 0 Å².